The van der Waals surface area contributed by atoms with Gasteiger partial charge in [0, 0.05) is 6.42 Å². The van der Waals surface area contributed by atoms with E-state index in [0.29, 0.717) is 6.42 Å². The second kappa shape index (κ2) is 4.24. The van der Waals surface area contributed by atoms with Crippen molar-refractivity contribution in [3.8, 4) is 0 Å². The molecule has 0 saturated heterocycles. The molecule has 0 radical (unpaired) electrons. The summed E-state index contributed by atoms with van der Waals surface area (Å²) in [6.45, 7) is 1.98. The highest BCUT2D eigenvalue weighted by molar-refractivity contribution is 5.18. The standard InChI is InChI=1S/C10H14O2/c1-8(7-10(11)12)9-5-3-2-4-6-9/h2-6,8,10-12H,7H2,1H3/t8-/m1/s1. The molecule has 0 bridgehead atoms. The third-order valence-corrected chi connectivity index (χ3v) is 1.93. The Balaban J connectivity index is 2.59. The van der Waals surface area contributed by atoms with Crippen molar-refractivity contribution in [2.24, 2.45) is 0 Å². The molecule has 1 aromatic rings. The molecule has 1 aromatic carbocycles. The summed E-state index contributed by atoms with van der Waals surface area (Å²) in [4.78, 5) is 0. The Morgan fingerprint density at radius 3 is 2.25 bits per heavy atom. The zero-order chi connectivity index (χ0) is 8.97. The van der Waals surface area contributed by atoms with E-state index in [1.807, 2.05) is 37.3 Å². The number of hydrogen-bond donors (Lipinski definition) is 2. The van der Waals surface area contributed by atoms with E-state index in [-0.39, 0.29) is 5.92 Å². The van der Waals surface area contributed by atoms with E-state index in [0.717, 1.165) is 5.56 Å². The Labute approximate surface area is 72.5 Å². The van der Waals surface area contributed by atoms with Crippen LogP contribution in [0.15, 0.2) is 30.3 Å². The maximum Gasteiger partial charge on any atom is 0.152 e. The smallest absolute Gasteiger partial charge is 0.152 e. The van der Waals surface area contributed by atoms with E-state index >= 15 is 0 Å². The van der Waals surface area contributed by atoms with Crippen molar-refractivity contribution in [2.75, 3.05) is 0 Å². The predicted molar refractivity (Wildman–Crippen MR) is 47.7 cm³/mol. The lowest BCUT2D eigenvalue weighted by Crippen LogP contribution is -2.08. The normalized spacial score (nSPS) is 13.3. The molecule has 2 heteroatoms. The van der Waals surface area contributed by atoms with Crippen molar-refractivity contribution in [1.29, 1.82) is 0 Å². The third-order valence-electron chi connectivity index (χ3n) is 1.93. The summed E-state index contributed by atoms with van der Waals surface area (Å²) in [6, 6.07) is 9.84. The third kappa shape index (κ3) is 2.64. The maximum absolute atomic E-state index is 8.74. The number of hydrogen-bond acceptors (Lipinski definition) is 2. The van der Waals surface area contributed by atoms with Gasteiger partial charge in [0.1, 0.15) is 0 Å². The SMILES string of the molecule is C[C@H](CC(O)O)c1ccccc1. The van der Waals surface area contributed by atoms with Gasteiger partial charge >= 0.3 is 0 Å². The average molecular weight is 166 g/mol. The summed E-state index contributed by atoms with van der Waals surface area (Å²) >= 11 is 0. The van der Waals surface area contributed by atoms with Crippen LogP contribution in [0.4, 0.5) is 0 Å². The number of aliphatic hydroxyl groups is 2. The molecule has 66 valence electrons. The topological polar surface area (TPSA) is 40.5 Å². The first-order chi connectivity index (χ1) is 5.70. The highest BCUT2D eigenvalue weighted by Crippen LogP contribution is 2.18. The van der Waals surface area contributed by atoms with Crippen LogP contribution in [0.3, 0.4) is 0 Å². The molecule has 12 heavy (non-hydrogen) atoms. The Kier molecular flexibility index (Phi) is 3.26. The van der Waals surface area contributed by atoms with E-state index in [4.69, 9.17) is 10.2 Å². The minimum absolute atomic E-state index is 0.200. The first-order valence-electron chi connectivity index (χ1n) is 4.11. The Morgan fingerprint density at radius 2 is 1.75 bits per heavy atom. The molecular weight excluding hydrogens is 152 g/mol. The van der Waals surface area contributed by atoms with Gasteiger partial charge in [-0.2, -0.15) is 0 Å². The fourth-order valence-corrected chi connectivity index (χ4v) is 1.23. The maximum atomic E-state index is 8.74. The zero-order valence-electron chi connectivity index (χ0n) is 7.14. The van der Waals surface area contributed by atoms with Gasteiger partial charge in [0.05, 0.1) is 0 Å². The molecule has 1 atom stereocenters. The van der Waals surface area contributed by atoms with Gasteiger partial charge in [0.15, 0.2) is 6.29 Å². The van der Waals surface area contributed by atoms with Gasteiger partial charge in [0.25, 0.3) is 0 Å². The number of rotatable bonds is 3. The minimum atomic E-state index is -1.21. The predicted octanol–water partition coefficient (Wildman–Crippen LogP) is 1.49. The van der Waals surface area contributed by atoms with Crippen molar-refractivity contribution in [2.45, 2.75) is 25.6 Å². The second-order valence-electron chi connectivity index (χ2n) is 3.03. The molecule has 0 heterocycles. The van der Waals surface area contributed by atoms with Crippen LogP contribution < -0.4 is 0 Å². The van der Waals surface area contributed by atoms with E-state index < -0.39 is 6.29 Å². The minimum Gasteiger partial charge on any atom is -0.368 e. The van der Waals surface area contributed by atoms with E-state index in [1.165, 1.54) is 0 Å². The van der Waals surface area contributed by atoms with Gasteiger partial charge in [-0.3, -0.25) is 0 Å². The van der Waals surface area contributed by atoms with E-state index in [1.54, 1.807) is 0 Å². The molecular formula is C10H14O2. The van der Waals surface area contributed by atoms with Gasteiger partial charge in [-0.05, 0) is 11.5 Å². The van der Waals surface area contributed by atoms with Crippen LogP contribution in [0.25, 0.3) is 0 Å². The largest absolute Gasteiger partial charge is 0.368 e. The van der Waals surface area contributed by atoms with Crippen LogP contribution in [0.2, 0.25) is 0 Å². The fraction of sp³-hybridized carbons (Fsp3) is 0.400. The van der Waals surface area contributed by atoms with Crippen LogP contribution >= 0.6 is 0 Å². The Bertz CT molecular complexity index is 219. The molecule has 0 unspecified atom stereocenters. The molecule has 0 aliphatic carbocycles. The second-order valence-corrected chi connectivity index (χ2v) is 3.03. The van der Waals surface area contributed by atoms with E-state index in [9.17, 15) is 0 Å². The lowest BCUT2D eigenvalue weighted by Gasteiger charge is -2.12. The molecule has 2 nitrogen and oxygen atoms in total. The molecule has 0 amide bonds. The van der Waals surface area contributed by atoms with Crippen LogP contribution in [-0.2, 0) is 0 Å². The summed E-state index contributed by atoms with van der Waals surface area (Å²) in [7, 11) is 0. The summed E-state index contributed by atoms with van der Waals surface area (Å²) in [5, 5.41) is 17.5. The number of aliphatic hydroxyl groups excluding tert-OH is 1. The van der Waals surface area contributed by atoms with Crippen molar-refractivity contribution in [3.63, 3.8) is 0 Å². The average Bonchev–Trinajstić information content (AvgIpc) is 2.05. The van der Waals surface area contributed by atoms with E-state index in [2.05, 4.69) is 0 Å². The molecule has 0 aromatic heterocycles. The summed E-state index contributed by atoms with van der Waals surface area (Å²) < 4.78 is 0. The summed E-state index contributed by atoms with van der Waals surface area (Å²) in [5.74, 6) is 0.200. The lowest BCUT2D eigenvalue weighted by molar-refractivity contribution is -0.0487. The van der Waals surface area contributed by atoms with Crippen LogP contribution in [0, 0.1) is 0 Å². The van der Waals surface area contributed by atoms with Crippen molar-refractivity contribution < 1.29 is 10.2 Å². The Morgan fingerprint density at radius 1 is 1.17 bits per heavy atom. The summed E-state index contributed by atoms with van der Waals surface area (Å²) in [5.41, 5.74) is 1.14. The summed E-state index contributed by atoms with van der Waals surface area (Å²) in [6.07, 6.45) is -0.815. The van der Waals surface area contributed by atoms with Gasteiger partial charge in [-0.1, -0.05) is 37.3 Å². The van der Waals surface area contributed by atoms with Crippen LogP contribution in [0.5, 0.6) is 0 Å². The molecule has 0 saturated carbocycles. The van der Waals surface area contributed by atoms with Crippen molar-refractivity contribution in [3.05, 3.63) is 35.9 Å². The van der Waals surface area contributed by atoms with Crippen molar-refractivity contribution >= 4 is 0 Å². The quantitative estimate of drug-likeness (QED) is 0.668. The molecule has 0 fully saturated rings. The first kappa shape index (κ1) is 9.23. The molecule has 0 aliphatic rings. The van der Waals surface area contributed by atoms with Gasteiger partial charge in [0.2, 0.25) is 0 Å². The zero-order valence-corrected chi connectivity index (χ0v) is 7.14. The highest BCUT2D eigenvalue weighted by Gasteiger charge is 2.08. The van der Waals surface area contributed by atoms with Gasteiger partial charge < -0.3 is 10.2 Å². The Hall–Kier alpha value is -0.860. The molecule has 1 rings (SSSR count). The van der Waals surface area contributed by atoms with Crippen LogP contribution in [-0.4, -0.2) is 16.5 Å². The monoisotopic (exact) mass is 166 g/mol. The lowest BCUT2D eigenvalue weighted by atomic mass is 9.98. The molecule has 0 aliphatic heterocycles. The number of benzene rings is 1. The first-order valence-corrected chi connectivity index (χ1v) is 4.11. The van der Waals surface area contributed by atoms with Crippen molar-refractivity contribution in [1.82, 2.24) is 0 Å². The fourth-order valence-electron chi connectivity index (χ4n) is 1.23. The molecule has 0 spiro atoms. The van der Waals surface area contributed by atoms with Gasteiger partial charge in [-0.25, -0.2) is 0 Å². The molecule has 2 N–H and O–H groups in total. The highest BCUT2D eigenvalue weighted by atomic mass is 16.5. The van der Waals surface area contributed by atoms with Crippen LogP contribution in [0.1, 0.15) is 24.8 Å². The van der Waals surface area contributed by atoms with Gasteiger partial charge in [-0.15, -0.1) is 0 Å².